The van der Waals surface area contributed by atoms with Crippen molar-refractivity contribution < 1.29 is 4.74 Å². The van der Waals surface area contributed by atoms with Crippen LogP contribution >= 0.6 is 0 Å². The number of nitrogens with zero attached hydrogens (tertiary/aromatic N) is 5. The van der Waals surface area contributed by atoms with Crippen molar-refractivity contribution >= 4 is 17.0 Å². The van der Waals surface area contributed by atoms with Crippen molar-refractivity contribution in [1.29, 1.82) is 0 Å². The van der Waals surface area contributed by atoms with Crippen molar-refractivity contribution in [2.45, 2.75) is 20.4 Å². The second kappa shape index (κ2) is 6.93. The summed E-state index contributed by atoms with van der Waals surface area (Å²) >= 11 is 0. The Kier molecular flexibility index (Phi) is 4.71. The van der Waals surface area contributed by atoms with Crippen LogP contribution in [0.2, 0.25) is 0 Å². The van der Waals surface area contributed by atoms with E-state index in [0.717, 1.165) is 37.5 Å². The normalized spacial score (nSPS) is 14.5. The Balaban J connectivity index is 2.25. The number of aromatic nitrogens is 4. The molecule has 1 aliphatic heterocycles. The number of nitrogens with one attached hydrogen (secondary N) is 1. The topological polar surface area (TPSA) is 77.2 Å². The van der Waals surface area contributed by atoms with Crippen LogP contribution in [0.4, 0.5) is 5.82 Å². The maximum absolute atomic E-state index is 12.6. The minimum atomic E-state index is -0.146. The van der Waals surface area contributed by atoms with Gasteiger partial charge in [-0.05, 0) is 13.8 Å². The van der Waals surface area contributed by atoms with Gasteiger partial charge in [-0.15, -0.1) is 5.92 Å². The highest BCUT2D eigenvalue weighted by Crippen LogP contribution is 2.26. The molecule has 0 saturated carbocycles. The molecule has 8 heteroatoms. The zero-order chi connectivity index (χ0) is 17.1. The Morgan fingerprint density at radius 2 is 2.04 bits per heavy atom. The lowest BCUT2D eigenvalue weighted by Gasteiger charge is -2.29. The first-order valence-corrected chi connectivity index (χ1v) is 8.12. The van der Waals surface area contributed by atoms with Crippen molar-refractivity contribution in [3.8, 4) is 17.9 Å². The fourth-order valence-electron chi connectivity index (χ4n) is 2.85. The highest BCUT2D eigenvalue weighted by atomic mass is 16.5. The molecule has 1 N–H and O–H groups in total. The molecule has 128 valence electrons. The first-order chi connectivity index (χ1) is 11.7. The van der Waals surface area contributed by atoms with Crippen LogP contribution < -0.4 is 20.6 Å². The van der Waals surface area contributed by atoms with Crippen LogP contribution in [-0.2, 0) is 13.6 Å². The number of anilines is 1. The largest absolute Gasteiger partial charge is 0.464 e. The number of rotatable bonds is 4. The molecular weight excluding hydrogens is 308 g/mol. The van der Waals surface area contributed by atoms with E-state index in [2.05, 4.69) is 32.0 Å². The van der Waals surface area contributed by atoms with Gasteiger partial charge < -0.3 is 15.0 Å². The predicted octanol–water partition coefficient (Wildman–Crippen LogP) is -0.0384. The molecule has 0 bridgehead atoms. The molecule has 2 aromatic rings. The molecule has 1 saturated heterocycles. The number of imidazole rings is 1. The van der Waals surface area contributed by atoms with E-state index in [0.29, 0.717) is 24.8 Å². The molecule has 0 aliphatic carbocycles. The second-order valence-corrected chi connectivity index (χ2v) is 5.53. The Labute approximate surface area is 140 Å². The van der Waals surface area contributed by atoms with Gasteiger partial charge in [0.2, 0.25) is 0 Å². The molecule has 0 atom stereocenters. The second-order valence-electron chi connectivity index (χ2n) is 5.53. The average Bonchev–Trinajstić information content (AvgIpc) is 2.85. The van der Waals surface area contributed by atoms with Crippen LogP contribution in [0.1, 0.15) is 13.8 Å². The van der Waals surface area contributed by atoms with Crippen LogP contribution in [0.25, 0.3) is 11.2 Å². The minimum Gasteiger partial charge on any atom is -0.464 e. The highest BCUT2D eigenvalue weighted by molar-refractivity contribution is 5.85. The van der Waals surface area contributed by atoms with Crippen LogP contribution in [0.5, 0.6) is 6.01 Å². The van der Waals surface area contributed by atoms with Crippen molar-refractivity contribution in [2.24, 2.45) is 7.05 Å². The monoisotopic (exact) mass is 330 g/mol. The molecule has 0 amide bonds. The third-order valence-electron chi connectivity index (χ3n) is 4.04. The Bertz CT molecular complexity index is 851. The smallest absolute Gasteiger partial charge is 0.331 e. The summed E-state index contributed by atoms with van der Waals surface area (Å²) in [4.78, 5) is 23.8. The maximum Gasteiger partial charge on any atom is 0.331 e. The van der Waals surface area contributed by atoms with Gasteiger partial charge in [0.15, 0.2) is 11.5 Å². The van der Waals surface area contributed by atoms with Gasteiger partial charge in [0.25, 0.3) is 0 Å². The zero-order valence-electron chi connectivity index (χ0n) is 14.3. The predicted molar refractivity (Wildman–Crippen MR) is 92.5 cm³/mol. The van der Waals surface area contributed by atoms with E-state index in [-0.39, 0.29) is 5.69 Å². The fraction of sp³-hybridized carbons (Fsp3) is 0.562. The summed E-state index contributed by atoms with van der Waals surface area (Å²) in [6.07, 6.45) is 0. The summed E-state index contributed by atoms with van der Waals surface area (Å²) in [7, 11) is 1.71. The third kappa shape index (κ3) is 2.83. The van der Waals surface area contributed by atoms with Gasteiger partial charge >= 0.3 is 11.7 Å². The Morgan fingerprint density at radius 3 is 2.71 bits per heavy atom. The molecule has 8 nitrogen and oxygen atoms in total. The zero-order valence-corrected chi connectivity index (χ0v) is 14.3. The molecule has 1 fully saturated rings. The van der Waals surface area contributed by atoms with Gasteiger partial charge in [-0.2, -0.15) is 9.97 Å². The van der Waals surface area contributed by atoms with Gasteiger partial charge in [0.05, 0.1) is 13.2 Å². The standard InChI is InChI=1S/C16H22N6O2/c1-4-6-9-22-12-13(20(3)16(22)23)18-15(24-5-2)19-14(12)21-10-7-17-8-11-21/h17H,5,7-11H2,1-3H3. The van der Waals surface area contributed by atoms with Gasteiger partial charge in [-0.25, -0.2) is 4.79 Å². The minimum absolute atomic E-state index is 0.146. The first kappa shape index (κ1) is 16.3. The number of aryl methyl sites for hydroxylation is 1. The third-order valence-corrected chi connectivity index (χ3v) is 4.04. The summed E-state index contributed by atoms with van der Waals surface area (Å²) in [5.74, 6) is 6.54. The number of hydrogen-bond acceptors (Lipinski definition) is 6. The lowest BCUT2D eigenvalue weighted by molar-refractivity contribution is 0.313. The number of hydrogen-bond donors (Lipinski definition) is 1. The molecule has 3 heterocycles. The van der Waals surface area contributed by atoms with Gasteiger partial charge in [-0.3, -0.25) is 9.13 Å². The molecule has 2 aromatic heterocycles. The van der Waals surface area contributed by atoms with E-state index in [1.54, 1.807) is 18.5 Å². The van der Waals surface area contributed by atoms with E-state index < -0.39 is 0 Å². The molecule has 1 aliphatic rings. The summed E-state index contributed by atoms with van der Waals surface area (Å²) in [6.45, 7) is 7.84. The molecular formula is C16H22N6O2. The maximum atomic E-state index is 12.6. The Hall–Kier alpha value is -2.53. The lowest BCUT2D eigenvalue weighted by Crippen LogP contribution is -2.44. The summed E-state index contributed by atoms with van der Waals surface area (Å²) < 4.78 is 8.68. The van der Waals surface area contributed by atoms with E-state index in [1.807, 2.05) is 6.92 Å². The molecule has 0 aromatic carbocycles. The quantitative estimate of drug-likeness (QED) is 0.793. The van der Waals surface area contributed by atoms with E-state index in [9.17, 15) is 4.79 Å². The van der Waals surface area contributed by atoms with Gasteiger partial charge in [0, 0.05) is 33.2 Å². The number of fused-ring (bicyclic) bond motifs is 1. The van der Waals surface area contributed by atoms with Crippen molar-refractivity contribution in [2.75, 3.05) is 37.7 Å². The van der Waals surface area contributed by atoms with E-state index >= 15 is 0 Å². The van der Waals surface area contributed by atoms with Crippen molar-refractivity contribution in [3.05, 3.63) is 10.5 Å². The average molecular weight is 330 g/mol. The van der Waals surface area contributed by atoms with Crippen molar-refractivity contribution in [1.82, 2.24) is 24.4 Å². The van der Waals surface area contributed by atoms with Crippen LogP contribution in [-0.4, -0.2) is 51.9 Å². The summed E-state index contributed by atoms with van der Waals surface area (Å²) in [5, 5.41) is 3.33. The number of piperazine rings is 1. The molecule has 24 heavy (non-hydrogen) atoms. The van der Waals surface area contributed by atoms with Gasteiger partial charge in [-0.1, -0.05) is 5.92 Å². The van der Waals surface area contributed by atoms with Gasteiger partial charge in [0.1, 0.15) is 5.52 Å². The lowest BCUT2D eigenvalue weighted by atomic mass is 10.3. The summed E-state index contributed by atoms with van der Waals surface area (Å²) in [5.41, 5.74) is 1.15. The first-order valence-electron chi connectivity index (χ1n) is 8.12. The molecule has 3 rings (SSSR count). The molecule has 0 radical (unpaired) electrons. The fourth-order valence-corrected chi connectivity index (χ4v) is 2.85. The van der Waals surface area contributed by atoms with Crippen LogP contribution in [0.15, 0.2) is 4.79 Å². The Morgan fingerprint density at radius 1 is 1.29 bits per heavy atom. The van der Waals surface area contributed by atoms with Crippen LogP contribution in [0.3, 0.4) is 0 Å². The summed E-state index contributed by atoms with van der Waals surface area (Å²) in [6, 6.07) is 0.299. The molecule has 0 spiro atoms. The molecule has 0 unspecified atom stereocenters. The van der Waals surface area contributed by atoms with E-state index in [1.165, 1.54) is 4.57 Å². The highest BCUT2D eigenvalue weighted by Gasteiger charge is 2.23. The SMILES string of the molecule is CC#CCn1c(=O)n(C)c2nc(OCC)nc(N3CCNCC3)c21. The van der Waals surface area contributed by atoms with E-state index in [4.69, 9.17) is 4.74 Å². The van der Waals surface area contributed by atoms with Crippen molar-refractivity contribution in [3.63, 3.8) is 0 Å². The number of ether oxygens (including phenoxy) is 1. The van der Waals surface area contributed by atoms with Crippen LogP contribution in [0, 0.1) is 11.8 Å².